The van der Waals surface area contributed by atoms with Gasteiger partial charge in [-0.2, -0.15) is 0 Å². The van der Waals surface area contributed by atoms with Crippen molar-refractivity contribution in [2.45, 2.75) is 32.2 Å². The van der Waals surface area contributed by atoms with E-state index in [1.54, 1.807) is 0 Å². The summed E-state index contributed by atoms with van der Waals surface area (Å²) in [6.45, 7) is 3.95. The molecule has 1 aromatic rings. The zero-order valence-electron chi connectivity index (χ0n) is 10.1. The lowest BCUT2D eigenvalue weighted by molar-refractivity contribution is -0.386. The summed E-state index contributed by atoms with van der Waals surface area (Å²) in [6, 6.07) is 1.50. The van der Waals surface area contributed by atoms with Crippen molar-refractivity contribution in [3.63, 3.8) is 0 Å². The lowest BCUT2D eigenvalue weighted by atomic mass is 9.95. The molecule has 1 rings (SSSR count). The molecule has 0 saturated carbocycles. The van der Waals surface area contributed by atoms with Gasteiger partial charge in [-0.25, -0.2) is 0 Å². The van der Waals surface area contributed by atoms with Crippen LogP contribution in [0.4, 0.5) is 5.69 Å². The van der Waals surface area contributed by atoms with Crippen LogP contribution in [0.1, 0.15) is 31.9 Å². The summed E-state index contributed by atoms with van der Waals surface area (Å²) in [5.74, 6) is -0.0392. The van der Waals surface area contributed by atoms with Crippen LogP contribution >= 0.6 is 11.6 Å². The Bertz CT molecular complexity index is 408. The maximum Gasteiger partial charge on any atom is 0.292 e. The minimum atomic E-state index is -0.437. The Hall–Kier alpha value is -1.20. The lowest BCUT2D eigenvalue weighted by Crippen LogP contribution is -2.30. The largest absolute Gasteiger partial charge is 0.316 e. The number of hydrogen-bond acceptors (Lipinski definition) is 4. The summed E-state index contributed by atoms with van der Waals surface area (Å²) in [4.78, 5) is 14.6. The van der Waals surface area contributed by atoms with E-state index in [1.165, 1.54) is 12.3 Å². The summed E-state index contributed by atoms with van der Waals surface area (Å²) >= 11 is 5.73. The fourth-order valence-corrected chi connectivity index (χ4v) is 2.09. The van der Waals surface area contributed by atoms with E-state index in [0.29, 0.717) is 5.69 Å². The topological polar surface area (TPSA) is 68.1 Å². The molecule has 1 heterocycles. The van der Waals surface area contributed by atoms with Crippen LogP contribution in [0.25, 0.3) is 0 Å². The first-order valence-electron chi connectivity index (χ1n) is 5.48. The molecule has 1 N–H and O–H groups in total. The smallest absolute Gasteiger partial charge is 0.292 e. The number of nitrogens with one attached hydrogen (secondary N) is 1. The van der Waals surface area contributed by atoms with Gasteiger partial charge in [0, 0.05) is 24.2 Å². The number of aromatic nitrogens is 1. The molecule has 6 heteroatoms. The van der Waals surface area contributed by atoms with Gasteiger partial charge in [0.1, 0.15) is 5.69 Å². The maximum absolute atomic E-state index is 11.0. The third-order valence-corrected chi connectivity index (χ3v) is 3.11. The Kier molecular flexibility index (Phi) is 4.84. The van der Waals surface area contributed by atoms with E-state index in [1.807, 2.05) is 20.9 Å². The molecule has 0 saturated heterocycles. The fourth-order valence-electron chi connectivity index (χ4n) is 1.93. The first-order valence-corrected chi connectivity index (χ1v) is 5.86. The second-order valence-electron chi connectivity index (χ2n) is 3.91. The van der Waals surface area contributed by atoms with Crippen LogP contribution < -0.4 is 5.32 Å². The molecular formula is C11H16ClN3O2. The molecule has 0 aliphatic rings. The summed E-state index contributed by atoms with van der Waals surface area (Å²) in [5, 5.41) is 14.4. The van der Waals surface area contributed by atoms with E-state index >= 15 is 0 Å². The van der Waals surface area contributed by atoms with Crippen LogP contribution in [-0.4, -0.2) is 23.0 Å². The first-order chi connectivity index (χ1) is 8.01. The van der Waals surface area contributed by atoms with Gasteiger partial charge in [-0.3, -0.25) is 15.1 Å². The number of nitro groups is 1. The van der Waals surface area contributed by atoms with Crippen LogP contribution in [-0.2, 0) is 0 Å². The second kappa shape index (κ2) is 5.93. The van der Waals surface area contributed by atoms with Gasteiger partial charge in [0.2, 0.25) is 0 Å². The molecule has 5 nitrogen and oxygen atoms in total. The summed E-state index contributed by atoms with van der Waals surface area (Å²) in [6.07, 6.45) is 2.32. The quantitative estimate of drug-likeness (QED) is 0.651. The highest BCUT2D eigenvalue weighted by molar-refractivity contribution is 6.30. The SMILES string of the molecule is CCC(NC)C(C)c1ncc(Cl)cc1[N+](=O)[O-]. The molecule has 0 bridgehead atoms. The molecular weight excluding hydrogens is 242 g/mol. The zero-order valence-corrected chi connectivity index (χ0v) is 10.9. The Balaban J connectivity index is 3.16. The molecule has 0 aliphatic heterocycles. The van der Waals surface area contributed by atoms with Crippen LogP contribution in [0.2, 0.25) is 5.02 Å². The molecule has 0 spiro atoms. The van der Waals surface area contributed by atoms with Gasteiger partial charge in [-0.1, -0.05) is 25.4 Å². The second-order valence-corrected chi connectivity index (χ2v) is 4.34. The monoisotopic (exact) mass is 257 g/mol. The van der Waals surface area contributed by atoms with Crippen molar-refractivity contribution < 1.29 is 4.92 Å². The average molecular weight is 258 g/mol. The van der Waals surface area contributed by atoms with E-state index in [0.717, 1.165) is 6.42 Å². The molecule has 0 aromatic carbocycles. The highest BCUT2D eigenvalue weighted by Gasteiger charge is 2.25. The third kappa shape index (κ3) is 3.14. The fraction of sp³-hybridized carbons (Fsp3) is 0.545. The minimum Gasteiger partial charge on any atom is -0.316 e. The van der Waals surface area contributed by atoms with E-state index in [2.05, 4.69) is 10.3 Å². The molecule has 0 fully saturated rings. The number of rotatable bonds is 5. The molecule has 94 valence electrons. The Morgan fingerprint density at radius 1 is 1.65 bits per heavy atom. The summed E-state index contributed by atoms with van der Waals surface area (Å²) < 4.78 is 0. The molecule has 17 heavy (non-hydrogen) atoms. The maximum atomic E-state index is 11.0. The highest BCUT2D eigenvalue weighted by atomic mass is 35.5. The van der Waals surface area contributed by atoms with Crippen molar-refractivity contribution in [2.24, 2.45) is 0 Å². The van der Waals surface area contributed by atoms with E-state index < -0.39 is 4.92 Å². The van der Waals surface area contributed by atoms with Gasteiger partial charge in [-0.05, 0) is 13.5 Å². The molecule has 0 radical (unpaired) electrons. The van der Waals surface area contributed by atoms with Crippen LogP contribution in [0.3, 0.4) is 0 Å². The van der Waals surface area contributed by atoms with Crippen LogP contribution in [0.5, 0.6) is 0 Å². The van der Waals surface area contributed by atoms with Gasteiger partial charge in [0.05, 0.1) is 9.95 Å². The minimum absolute atomic E-state index is 0.0151. The van der Waals surface area contributed by atoms with E-state index in [4.69, 9.17) is 11.6 Å². The number of hydrogen-bond donors (Lipinski definition) is 1. The highest BCUT2D eigenvalue weighted by Crippen LogP contribution is 2.29. The molecule has 0 amide bonds. The van der Waals surface area contributed by atoms with Gasteiger partial charge in [0.25, 0.3) is 5.69 Å². The Labute approximate surface area is 105 Å². The van der Waals surface area contributed by atoms with E-state index in [9.17, 15) is 10.1 Å². The van der Waals surface area contributed by atoms with Crippen molar-refractivity contribution >= 4 is 17.3 Å². The number of pyridine rings is 1. The molecule has 1 aromatic heterocycles. The Morgan fingerprint density at radius 2 is 2.29 bits per heavy atom. The van der Waals surface area contributed by atoms with Gasteiger partial charge in [0.15, 0.2) is 0 Å². The van der Waals surface area contributed by atoms with Crippen molar-refractivity contribution in [1.29, 1.82) is 0 Å². The van der Waals surface area contributed by atoms with Crippen LogP contribution in [0.15, 0.2) is 12.3 Å². The zero-order chi connectivity index (χ0) is 13.0. The van der Waals surface area contributed by atoms with Crippen LogP contribution in [0, 0.1) is 10.1 Å². The predicted molar refractivity (Wildman–Crippen MR) is 67.5 cm³/mol. The summed E-state index contributed by atoms with van der Waals surface area (Å²) in [5.41, 5.74) is 0.458. The normalized spacial score (nSPS) is 14.4. The average Bonchev–Trinajstić information content (AvgIpc) is 2.30. The third-order valence-electron chi connectivity index (χ3n) is 2.91. The Morgan fingerprint density at radius 3 is 2.76 bits per heavy atom. The number of halogens is 1. The van der Waals surface area contributed by atoms with Crippen molar-refractivity contribution in [2.75, 3.05) is 7.05 Å². The molecule has 2 unspecified atom stereocenters. The number of likely N-dealkylation sites (N-methyl/N-ethyl adjacent to an activating group) is 1. The predicted octanol–water partition coefficient (Wildman–Crippen LogP) is 2.74. The van der Waals surface area contributed by atoms with Crippen molar-refractivity contribution in [1.82, 2.24) is 10.3 Å². The molecule has 2 atom stereocenters. The van der Waals surface area contributed by atoms with Gasteiger partial charge >= 0.3 is 0 Å². The first kappa shape index (κ1) is 13.9. The number of nitrogens with zero attached hydrogens (tertiary/aromatic N) is 2. The summed E-state index contributed by atoms with van der Waals surface area (Å²) in [7, 11) is 1.84. The van der Waals surface area contributed by atoms with Gasteiger partial charge < -0.3 is 5.32 Å². The van der Waals surface area contributed by atoms with Crippen molar-refractivity contribution in [3.8, 4) is 0 Å². The lowest BCUT2D eigenvalue weighted by Gasteiger charge is -2.21. The van der Waals surface area contributed by atoms with E-state index in [-0.39, 0.29) is 22.7 Å². The standard InChI is InChI=1S/C11H16ClN3O2/c1-4-9(13-3)7(2)11-10(15(16)17)5-8(12)6-14-11/h5-7,9,13H,4H2,1-3H3. The van der Waals surface area contributed by atoms with Crippen molar-refractivity contribution in [3.05, 3.63) is 33.1 Å². The molecule has 0 aliphatic carbocycles. The van der Waals surface area contributed by atoms with Gasteiger partial charge in [-0.15, -0.1) is 0 Å².